The number of carbonyl (C=O) groups is 2. The number of ether oxygens (including phenoxy) is 3. The molecule has 1 saturated heterocycles. The van der Waals surface area contributed by atoms with E-state index in [1.54, 1.807) is 12.1 Å². The average molecular weight is 424 g/mol. The molecule has 2 aromatic carbocycles. The Kier molecular flexibility index (Phi) is 5.81. The molecule has 2 amide bonds. The van der Waals surface area contributed by atoms with Gasteiger partial charge in [0.05, 0.1) is 36.9 Å². The number of hydrogen-bond donors (Lipinski definition) is 0. The molecule has 3 rings (SSSR count). The minimum atomic E-state index is -0.636. The molecule has 0 aliphatic carbocycles. The molecular weight excluding hydrogens is 409 g/mol. The molecule has 28 heavy (non-hydrogen) atoms. The number of nitrogens with zero attached hydrogens (tertiary/aromatic N) is 1. The molecular formula is C19H15ClFNO5S. The van der Waals surface area contributed by atoms with Crippen LogP contribution in [0, 0.1) is 5.82 Å². The Balaban J connectivity index is 2.01. The SMILES string of the molecule is COc1ccc(/C=C2\SC(=O)N(c3ccc(F)c(Cl)c3)C2=O)c(OC)c1OC. The molecule has 1 aliphatic heterocycles. The van der Waals surface area contributed by atoms with E-state index in [0.29, 0.717) is 22.8 Å². The zero-order valence-electron chi connectivity index (χ0n) is 15.1. The molecule has 0 aromatic heterocycles. The summed E-state index contributed by atoms with van der Waals surface area (Å²) in [6.07, 6.45) is 1.52. The standard InChI is InChI=1S/C19H15ClFNO5S/c1-25-14-7-4-10(16(26-2)17(14)27-3)8-15-18(23)22(19(24)28-15)11-5-6-13(21)12(20)9-11/h4-9H,1-3H3/b15-8-. The van der Waals surface area contributed by atoms with Crippen LogP contribution in [0.4, 0.5) is 14.9 Å². The van der Waals surface area contributed by atoms with Crippen LogP contribution < -0.4 is 19.1 Å². The maximum absolute atomic E-state index is 13.4. The van der Waals surface area contributed by atoms with Crippen molar-refractivity contribution in [1.82, 2.24) is 0 Å². The van der Waals surface area contributed by atoms with Gasteiger partial charge in [-0.15, -0.1) is 0 Å². The van der Waals surface area contributed by atoms with E-state index in [4.69, 9.17) is 25.8 Å². The van der Waals surface area contributed by atoms with Crippen LogP contribution in [0.15, 0.2) is 35.2 Å². The van der Waals surface area contributed by atoms with Gasteiger partial charge in [-0.25, -0.2) is 9.29 Å². The average Bonchev–Trinajstić information content (AvgIpc) is 2.96. The molecule has 9 heteroatoms. The Morgan fingerprint density at radius 2 is 1.75 bits per heavy atom. The largest absolute Gasteiger partial charge is 0.493 e. The number of methoxy groups -OCH3 is 3. The lowest BCUT2D eigenvalue weighted by atomic mass is 10.1. The molecule has 0 radical (unpaired) electrons. The number of rotatable bonds is 5. The van der Waals surface area contributed by atoms with Gasteiger partial charge in [0.25, 0.3) is 11.1 Å². The maximum Gasteiger partial charge on any atom is 0.298 e. The van der Waals surface area contributed by atoms with Crippen LogP contribution in [0.2, 0.25) is 5.02 Å². The summed E-state index contributed by atoms with van der Waals surface area (Å²) in [6.45, 7) is 0. The first-order valence-corrected chi connectivity index (χ1v) is 9.12. The highest BCUT2D eigenvalue weighted by Gasteiger charge is 2.37. The van der Waals surface area contributed by atoms with Crippen LogP contribution in [0.5, 0.6) is 17.2 Å². The van der Waals surface area contributed by atoms with E-state index in [-0.39, 0.29) is 15.6 Å². The Labute approximate surface area is 169 Å². The van der Waals surface area contributed by atoms with Crippen molar-refractivity contribution in [3.8, 4) is 17.2 Å². The summed E-state index contributed by atoms with van der Waals surface area (Å²) in [5, 5.41) is -0.694. The lowest BCUT2D eigenvalue weighted by Gasteiger charge is -2.14. The van der Waals surface area contributed by atoms with Crippen LogP contribution in [0.25, 0.3) is 6.08 Å². The van der Waals surface area contributed by atoms with E-state index >= 15 is 0 Å². The zero-order chi connectivity index (χ0) is 20.4. The fourth-order valence-corrected chi connectivity index (χ4v) is 3.70. The second-order valence-electron chi connectivity index (χ2n) is 5.54. The summed E-state index contributed by atoms with van der Waals surface area (Å²) in [5.74, 6) is 0.00448. The Morgan fingerprint density at radius 1 is 1.04 bits per heavy atom. The summed E-state index contributed by atoms with van der Waals surface area (Å²) in [5.41, 5.74) is 0.722. The quantitative estimate of drug-likeness (QED) is 0.647. The van der Waals surface area contributed by atoms with Gasteiger partial charge in [0.15, 0.2) is 11.5 Å². The van der Waals surface area contributed by atoms with E-state index in [1.807, 2.05) is 0 Å². The molecule has 0 bridgehead atoms. The van der Waals surface area contributed by atoms with Crippen LogP contribution in [0.1, 0.15) is 5.56 Å². The smallest absolute Gasteiger partial charge is 0.298 e. The van der Waals surface area contributed by atoms with Crippen molar-refractivity contribution >= 4 is 46.3 Å². The molecule has 146 valence electrons. The van der Waals surface area contributed by atoms with Crippen LogP contribution >= 0.6 is 23.4 Å². The second-order valence-corrected chi connectivity index (χ2v) is 6.94. The Bertz CT molecular complexity index is 995. The highest BCUT2D eigenvalue weighted by Crippen LogP contribution is 2.43. The normalized spacial score (nSPS) is 15.3. The van der Waals surface area contributed by atoms with Gasteiger partial charge in [-0.3, -0.25) is 9.59 Å². The van der Waals surface area contributed by atoms with E-state index in [2.05, 4.69) is 0 Å². The van der Waals surface area contributed by atoms with Crippen molar-refractivity contribution in [3.63, 3.8) is 0 Å². The van der Waals surface area contributed by atoms with Gasteiger partial charge in [0.1, 0.15) is 5.82 Å². The van der Waals surface area contributed by atoms with Crippen LogP contribution in [0.3, 0.4) is 0 Å². The van der Waals surface area contributed by atoms with Crippen molar-refractivity contribution in [3.05, 3.63) is 51.6 Å². The van der Waals surface area contributed by atoms with Gasteiger partial charge < -0.3 is 14.2 Å². The number of benzene rings is 2. The highest BCUT2D eigenvalue weighted by molar-refractivity contribution is 8.19. The zero-order valence-corrected chi connectivity index (χ0v) is 16.7. The van der Waals surface area contributed by atoms with Crippen molar-refractivity contribution in [1.29, 1.82) is 0 Å². The summed E-state index contributed by atoms with van der Waals surface area (Å²) in [7, 11) is 4.42. The van der Waals surface area contributed by atoms with Crippen LogP contribution in [-0.2, 0) is 4.79 Å². The second kappa shape index (κ2) is 8.12. The molecule has 1 heterocycles. The first kappa shape index (κ1) is 20.0. The molecule has 1 fully saturated rings. The van der Waals surface area contributed by atoms with E-state index in [1.165, 1.54) is 39.5 Å². The van der Waals surface area contributed by atoms with E-state index < -0.39 is 17.0 Å². The lowest BCUT2D eigenvalue weighted by molar-refractivity contribution is -0.113. The van der Waals surface area contributed by atoms with E-state index in [0.717, 1.165) is 22.7 Å². The summed E-state index contributed by atoms with van der Waals surface area (Å²) < 4.78 is 29.3. The lowest BCUT2D eigenvalue weighted by Crippen LogP contribution is -2.27. The number of thioether (sulfide) groups is 1. The Morgan fingerprint density at radius 3 is 2.36 bits per heavy atom. The van der Waals surface area contributed by atoms with Crippen molar-refractivity contribution in [2.75, 3.05) is 26.2 Å². The minimum absolute atomic E-state index is 0.177. The Hall–Kier alpha value is -2.71. The molecule has 0 N–H and O–H groups in total. The topological polar surface area (TPSA) is 65.1 Å². The summed E-state index contributed by atoms with van der Waals surface area (Å²) in [4.78, 5) is 26.3. The van der Waals surface area contributed by atoms with Gasteiger partial charge in [-0.2, -0.15) is 0 Å². The number of amides is 2. The molecule has 0 unspecified atom stereocenters. The molecule has 0 spiro atoms. The minimum Gasteiger partial charge on any atom is -0.493 e. The predicted molar refractivity (Wildman–Crippen MR) is 106 cm³/mol. The summed E-state index contributed by atoms with van der Waals surface area (Å²) >= 11 is 6.53. The number of imide groups is 1. The van der Waals surface area contributed by atoms with Gasteiger partial charge in [-0.1, -0.05) is 11.6 Å². The molecule has 1 aliphatic rings. The highest BCUT2D eigenvalue weighted by atomic mass is 35.5. The third-order valence-corrected chi connectivity index (χ3v) is 5.14. The first-order valence-electron chi connectivity index (χ1n) is 7.93. The van der Waals surface area contributed by atoms with E-state index in [9.17, 15) is 14.0 Å². The number of anilines is 1. The number of carbonyl (C=O) groups excluding carboxylic acids is 2. The van der Waals surface area contributed by atoms with Gasteiger partial charge >= 0.3 is 0 Å². The molecule has 0 saturated carbocycles. The van der Waals surface area contributed by atoms with Crippen molar-refractivity contribution in [2.24, 2.45) is 0 Å². The number of halogens is 2. The fourth-order valence-electron chi connectivity index (χ4n) is 2.69. The first-order chi connectivity index (χ1) is 13.4. The van der Waals surface area contributed by atoms with Gasteiger partial charge in [0, 0.05) is 5.56 Å². The maximum atomic E-state index is 13.4. The van der Waals surface area contributed by atoms with Gasteiger partial charge in [-0.05, 0) is 48.2 Å². The van der Waals surface area contributed by atoms with Crippen molar-refractivity contribution in [2.45, 2.75) is 0 Å². The molecule has 6 nitrogen and oxygen atoms in total. The van der Waals surface area contributed by atoms with Crippen LogP contribution in [-0.4, -0.2) is 32.5 Å². The molecule has 0 atom stereocenters. The van der Waals surface area contributed by atoms with Crippen molar-refractivity contribution < 1.29 is 28.2 Å². The fraction of sp³-hybridized carbons (Fsp3) is 0.158. The monoisotopic (exact) mass is 423 g/mol. The molecule has 2 aromatic rings. The summed E-state index contributed by atoms with van der Waals surface area (Å²) in [6, 6.07) is 6.99. The van der Waals surface area contributed by atoms with Gasteiger partial charge in [0.2, 0.25) is 5.75 Å². The predicted octanol–water partition coefficient (Wildman–Crippen LogP) is 4.75. The third-order valence-electron chi connectivity index (χ3n) is 3.98. The number of hydrogen-bond acceptors (Lipinski definition) is 6. The third kappa shape index (κ3) is 3.53.